The van der Waals surface area contributed by atoms with E-state index in [0.717, 1.165) is 83.5 Å². The summed E-state index contributed by atoms with van der Waals surface area (Å²) in [6.07, 6.45) is 65.2. The van der Waals surface area contributed by atoms with E-state index in [1.807, 2.05) is 21.1 Å². The molecule has 0 aromatic heterocycles. The highest BCUT2D eigenvalue weighted by Crippen LogP contribution is 2.16. The lowest BCUT2D eigenvalue weighted by Gasteiger charge is -2.26. The van der Waals surface area contributed by atoms with E-state index in [0.29, 0.717) is 17.4 Å². The molecule has 0 amide bonds. The predicted molar refractivity (Wildman–Crippen MR) is 297 cm³/mol. The molecule has 0 aromatic carbocycles. The van der Waals surface area contributed by atoms with Crippen LogP contribution in [-0.4, -0.2) is 82.3 Å². The van der Waals surface area contributed by atoms with E-state index >= 15 is 0 Å². The zero-order chi connectivity index (χ0) is 52.0. The van der Waals surface area contributed by atoms with Crippen molar-refractivity contribution in [2.75, 3.05) is 47.5 Å². The quantitative estimate of drug-likeness (QED) is 0.0195. The summed E-state index contributed by atoms with van der Waals surface area (Å²) in [5, 5.41) is 11.8. The summed E-state index contributed by atoms with van der Waals surface area (Å²) >= 11 is 0. The maximum absolute atomic E-state index is 12.8. The maximum Gasteiger partial charge on any atom is 0.306 e. The van der Waals surface area contributed by atoms with E-state index in [1.165, 1.54) is 128 Å². The first kappa shape index (κ1) is 67.7. The van der Waals surface area contributed by atoms with Crippen molar-refractivity contribution in [1.29, 1.82) is 0 Å². The Morgan fingerprint density at radius 2 is 0.803 bits per heavy atom. The van der Waals surface area contributed by atoms with Crippen LogP contribution in [0.15, 0.2) is 72.9 Å². The minimum Gasteiger partial charge on any atom is -0.545 e. The van der Waals surface area contributed by atoms with Crippen molar-refractivity contribution in [3.05, 3.63) is 72.9 Å². The molecule has 0 aromatic rings. The third-order valence-electron chi connectivity index (χ3n) is 12.4. The van der Waals surface area contributed by atoms with Crippen LogP contribution in [0.3, 0.4) is 0 Å². The van der Waals surface area contributed by atoms with Gasteiger partial charge < -0.3 is 33.3 Å². The smallest absolute Gasteiger partial charge is 0.306 e. The van der Waals surface area contributed by atoms with Crippen molar-refractivity contribution in [2.45, 2.75) is 257 Å². The number of aliphatic carboxylic acids is 1. The number of rotatable bonds is 53. The molecule has 2 unspecified atom stereocenters. The third kappa shape index (κ3) is 54.3. The second-order valence-corrected chi connectivity index (χ2v) is 20.5. The largest absolute Gasteiger partial charge is 0.545 e. The van der Waals surface area contributed by atoms with Gasteiger partial charge in [0.2, 0.25) is 0 Å². The molecule has 0 aliphatic rings. The molecule has 0 heterocycles. The van der Waals surface area contributed by atoms with Crippen molar-refractivity contribution >= 4 is 17.9 Å². The van der Waals surface area contributed by atoms with Crippen molar-refractivity contribution in [1.82, 2.24) is 0 Å². The molecule has 71 heavy (non-hydrogen) atoms. The fraction of sp³-hybridized carbons (Fsp3) is 0.758. The highest BCUT2D eigenvalue weighted by atomic mass is 16.7. The number of carboxylic acids is 1. The summed E-state index contributed by atoms with van der Waals surface area (Å²) in [6, 6.07) is 0. The molecule has 9 heteroatoms. The van der Waals surface area contributed by atoms with Crippen LogP contribution in [0, 0.1) is 0 Å². The number of carbonyl (C=O) groups excluding carboxylic acids is 3. The van der Waals surface area contributed by atoms with E-state index in [4.69, 9.17) is 18.9 Å². The minimum absolute atomic E-state index is 0.141. The molecule has 2 atom stereocenters. The number of carboxylic acid groups (broad SMARTS) is 1. The topological polar surface area (TPSA) is 111 Å². The van der Waals surface area contributed by atoms with E-state index in [1.54, 1.807) is 0 Å². The Morgan fingerprint density at radius 3 is 1.21 bits per heavy atom. The van der Waals surface area contributed by atoms with Gasteiger partial charge in [-0.05, 0) is 83.5 Å². The summed E-state index contributed by atoms with van der Waals surface area (Å²) in [5.74, 6) is -2.31. The summed E-state index contributed by atoms with van der Waals surface area (Å²) in [6.45, 7) is 4.62. The van der Waals surface area contributed by atoms with Crippen LogP contribution in [0.2, 0.25) is 0 Å². The molecule has 0 saturated heterocycles. The Morgan fingerprint density at radius 1 is 0.437 bits per heavy atom. The van der Waals surface area contributed by atoms with Crippen LogP contribution >= 0.6 is 0 Å². The third-order valence-corrected chi connectivity index (χ3v) is 12.4. The molecule has 0 N–H and O–H groups in total. The van der Waals surface area contributed by atoms with Crippen LogP contribution in [0.5, 0.6) is 0 Å². The molecule has 0 aliphatic carbocycles. The maximum atomic E-state index is 12.8. The van der Waals surface area contributed by atoms with Gasteiger partial charge in [-0.25, -0.2) is 0 Å². The summed E-state index contributed by atoms with van der Waals surface area (Å²) in [5.41, 5.74) is 0. The van der Waals surface area contributed by atoms with Gasteiger partial charge in [-0.3, -0.25) is 9.59 Å². The molecule has 0 bridgehead atoms. The lowest BCUT2D eigenvalue weighted by Crippen LogP contribution is -2.44. The summed E-state index contributed by atoms with van der Waals surface area (Å²) in [7, 11) is 5.91. The molecule has 0 rings (SSSR count). The molecule has 0 saturated carbocycles. The number of carbonyl (C=O) groups is 3. The van der Waals surface area contributed by atoms with Gasteiger partial charge in [0.05, 0.1) is 40.3 Å². The molecular weight excluding hydrogens is 887 g/mol. The van der Waals surface area contributed by atoms with Gasteiger partial charge in [-0.2, -0.15) is 0 Å². The number of nitrogens with zero attached hydrogens (tertiary/aromatic N) is 1. The van der Waals surface area contributed by atoms with Gasteiger partial charge in [0.1, 0.15) is 13.2 Å². The van der Waals surface area contributed by atoms with Crippen molar-refractivity contribution in [3.63, 3.8) is 0 Å². The Kier molecular flexibility index (Phi) is 50.6. The van der Waals surface area contributed by atoms with Crippen molar-refractivity contribution in [2.24, 2.45) is 0 Å². The number of ether oxygens (including phenoxy) is 4. The van der Waals surface area contributed by atoms with Crippen LogP contribution in [-0.2, 0) is 33.3 Å². The first-order valence-corrected chi connectivity index (χ1v) is 29.1. The first-order valence-electron chi connectivity index (χ1n) is 29.1. The Hall–Kier alpha value is -3.27. The minimum atomic E-state index is -1.63. The van der Waals surface area contributed by atoms with E-state index in [-0.39, 0.29) is 38.6 Å². The van der Waals surface area contributed by atoms with Crippen LogP contribution in [0.4, 0.5) is 0 Å². The van der Waals surface area contributed by atoms with Crippen LogP contribution < -0.4 is 5.11 Å². The average molecular weight is 997 g/mol. The van der Waals surface area contributed by atoms with E-state index in [2.05, 4.69) is 86.8 Å². The molecule has 0 radical (unpaired) electrons. The molecule has 410 valence electrons. The lowest BCUT2D eigenvalue weighted by atomic mass is 10.0. The molecule has 0 fully saturated rings. The first-order chi connectivity index (χ1) is 34.6. The second-order valence-electron chi connectivity index (χ2n) is 20.5. The van der Waals surface area contributed by atoms with Crippen molar-refractivity contribution in [3.8, 4) is 0 Å². The summed E-state index contributed by atoms with van der Waals surface area (Å²) < 4.78 is 22.7. The second kappa shape index (κ2) is 53.0. The summed E-state index contributed by atoms with van der Waals surface area (Å²) in [4.78, 5) is 37.3. The Balaban J connectivity index is 4.27. The average Bonchev–Trinajstić information content (AvgIpc) is 3.34. The van der Waals surface area contributed by atoms with Gasteiger partial charge in [-0.15, -0.1) is 0 Å². The zero-order valence-corrected chi connectivity index (χ0v) is 46.6. The van der Waals surface area contributed by atoms with Gasteiger partial charge in [0.25, 0.3) is 0 Å². The number of esters is 2. The normalized spacial score (nSPS) is 13.3. The van der Waals surface area contributed by atoms with Gasteiger partial charge in [0, 0.05) is 12.8 Å². The van der Waals surface area contributed by atoms with E-state index in [9.17, 15) is 19.5 Å². The lowest BCUT2D eigenvalue weighted by molar-refractivity contribution is -0.870. The Labute approximate surface area is 437 Å². The highest BCUT2D eigenvalue weighted by molar-refractivity contribution is 5.70. The van der Waals surface area contributed by atoms with Gasteiger partial charge in [0.15, 0.2) is 12.4 Å². The van der Waals surface area contributed by atoms with Crippen molar-refractivity contribution < 1.29 is 42.9 Å². The number of unbranched alkanes of at least 4 members (excludes halogenated alkanes) is 26. The van der Waals surface area contributed by atoms with E-state index < -0.39 is 24.3 Å². The number of quaternary nitrogens is 1. The monoisotopic (exact) mass is 996 g/mol. The molecule has 0 aliphatic heterocycles. The number of likely N-dealkylation sites (N-methyl/N-ethyl adjacent to an activating group) is 1. The number of hydrogen-bond donors (Lipinski definition) is 0. The predicted octanol–water partition coefficient (Wildman–Crippen LogP) is 15.7. The van der Waals surface area contributed by atoms with Gasteiger partial charge in [-0.1, -0.05) is 222 Å². The molecule has 9 nitrogen and oxygen atoms in total. The fourth-order valence-electron chi connectivity index (χ4n) is 7.97. The van der Waals surface area contributed by atoms with Crippen LogP contribution in [0.25, 0.3) is 0 Å². The van der Waals surface area contributed by atoms with Crippen LogP contribution in [0.1, 0.15) is 245 Å². The molecular formula is C62H109NO8. The standard InChI is InChI=1S/C62H109NO8/c1-6-8-10-12-14-16-18-20-22-24-26-28-29-30-31-33-34-36-38-40-42-44-46-48-50-52-59(64)69-56-58(57-70-62(61(66)67)68-55-54-63(3,4)5)71-60(65)53-51-49-47-45-43-41-39-37-35-32-27-25-23-21-19-17-15-13-11-9-7-2/h9,11,15,17,21,23-24,26-27,32,37,39,58,62H,6-8,10,12-14,16,18-20,22,25,28-31,33-36,38,40-57H2,1-5H3/b11-9-,17-15-,23-21-,26-24-,32-27-,39-37-. The van der Waals surface area contributed by atoms with Gasteiger partial charge >= 0.3 is 11.9 Å². The highest BCUT2D eigenvalue weighted by Gasteiger charge is 2.22. The number of allylic oxidation sites excluding steroid dienone is 12. The molecule has 0 spiro atoms. The Bertz CT molecular complexity index is 1390. The number of hydrogen-bond acceptors (Lipinski definition) is 8. The SMILES string of the molecule is CC/C=C\C/C=C\C/C=C\C/C=C\C/C=C\CCCCCCCC(=O)OC(COC(=O)CCCCCCCCCCCCCCC/C=C\CCCCCCCCCC)COC(OCC[N+](C)(C)C)C(=O)[O-]. The fourth-order valence-corrected chi connectivity index (χ4v) is 7.97. The zero-order valence-electron chi connectivity index (χ0n) is 46.6.